The highest BCUT2D eigenvalue weighted by molar-refractivity contribution is 9.40. The highest BCUT2D eigenvalue weighted by Crippen LogP contribution is 2.66. The maximum atomic E-state index is 12.9. The summed E-state index contributed by atoms with van der Waals surface area (Å²) in [4.78, 5) is 12.8. The minimum atomic E-state index is -1.01. The molecule has 0 unspecified atom stereocenters. The molecule has 0 spiro atoms. The van der Waals surface area contributed by atoms with Crippen LogP contribution in [0.5, 0.6) is 11.5 Å². The Morgan fingerprint density at radius 1 is 1.10 bits per heavy atom. The predicted octanol–water partition coefficient (Wildman–Crippen LogP) is 7.46. The maximum absolute atomic E-state index is 12.9. The van der Waals surface area contributed by atoms with Gasteiger partial charge in [0.15, 0.2) is 0 Å². The Hall–Kier alpha value is -0.880. The Bertz CT molecular complexity index is 953. The number of nitrogens with zero attached hydrogens (tertiary/aromatic N) is 1. The van der Waals surface area contributed by atoms with E-state index in [4.69, 9.17) is 9.47 Å². The molecule has 2 aromatic carbocycles. The molecule has 0 amide bonds. The summed E-state index contributed by atoms with van der Waals surface area (Å²) in [5.41, 5.74) is 0.310. The smallest absolute Gasteiger partial charge is 0.311 e. The van der Waals surface area contributed by atoms with E-state index in [2.05, 4.69) is 69.8 Å². The number of hydrogen-bond acceptors (Lipinski definition) is 4. The molecule has 0 saturated heterocycles. The molecule has 158 valence electrons. The monoisotopic (exact) mass is 661 g/mol. The zero-order valence-electron chi connectivity index (χ0n) is 16.2. The Balaban J connectivity index is 1.72. The molecule has 2 aromatic rings. The molecule has 0 bridgehead atoms. The molecule has 0 aliphatic heterocycles. The first-order valence-corrected chi connectivity index (χ1v) is 12.5. The number of nitriles is 1. The summed E-state index contributed by atoms with van der Waals surface area (Å²) in [6, 6.07) is 18.5. The molecule has 1 fully saturated rings. The van der Waals surface area contributed by atoms with Crippen LogP contribution < -0.4 is 4.74 Å². The lowest BCUT2D eigenvalue weighted by Gasteiger charge is -2.21. The third-order valence-electron chi connectivity index (χ3n) is 5.28. The molecule has 0 N–H and O–H groups in total. The standard InChI is InChI=1S/C22H19Br4NO3/c1-21(2)17(19(23)22(24,25)26)18(21)20(28)30-16(12-27)13-7-6-10-15(11-13)29-14-8-4-3-5-9-14/h3-11,16-19H,1-2H3/t16-,17+,18+,19+/m1/s1. The second-order valence-corrected chi connectivity index (χ2v) is 15.6. The Morgan fingerprint density at radius 2 is 1.73 bits per heavy atom. The van der Waals surface area contributed by atoms with Gasteiger partial charge in [0.25, 0.3) is 0 Å². The molecule has 3 rings (SSSR count). The summed E-state index contributed by atoms with van der Waals surface area (Å²) in [5, 5.41) is 9.65. The number of alkyl halides is 4. The molecule has 4 nitrogen and oxygen atoms in total. The lowest BCUT2D eigenvalue weighted by Crippen LogP contribution is -2.23. The summed E-state index contributed by atoms with van der Waals surface area (Å²) in [7, 11) is 0. The SMILES string of the molecule is CC1(C)[C@H]([C@H](Br)C(Br)(Br)Br)[C@H]1C(=O)O[C@H](C#N)c1cccc(Oc2ccccc2)c1. The lowest BCUT2D eigenvalue weighted by molar-refractivity contribution is -0.149. The third kappa shape index (κ3) is 5.29. The fraction of sp³-hybridized carbons (Fsp3) is 0.364. The third-order valence-corrected chi connectivity index (χ3v) is 9.86. The number of carbonyl (C=O) groups excluding carboxylic acids is 1. The van der Waals surface area contributed by atoms with Crippen molar-refractivity contribution in [2.75, 3.05) is 0 Å². The number of rotatable bonds is 6. The number of halogens is 4. The van der Waals surface area contributed by atoms with E-state index >= 15 is 0 Å². The fourth-order valence-electron chi connectivity index (χ4n) is 3.60. The zero-order chi connectivity index (χ0) is 22.1. The van der Waals surface area contributed by atoms with Crippen molar-refractivity contribution < 1.29 is 14.3 Å². The van der Waals surface area contributed by atoms with E-state index in [0.29, 0.717) is 17.1 Å². The maximum Gasteiger partial charge on any atom is 0.311 e. The van der Waals surface area contributed by atoms with Gasteiger partial charge in [-0.3, -0.25) is 4.79 Å². The van der Waals surface area contributed by atoms with Crippen molar-refractivity contribution in [2.45, 2.75) is 26.9 Å². The van der Waals surface area contributed by atoms with Crippen molar-refractivity contribution in [2.24, 2.45) is 17.3 Å². The van der Waals surface area contributed by atoms with Gasteiger partial charge in [-0.2, -0.15) is 5.26 Å². The average Bonchev–Trinajstić information content (AvgIpc) is 3.27. The first-order valence-electron chi connectivity index (χ1n) is 9.19. The van der Waals surface area contributed by atoms with Gasteiger partial charge in [0.2, 0.25) is 6.10 Å². The summed E-state index contributed by atoms with van der Waals surface area (Å²) >= 11 is 14.2. The Kier molecular flexibility index (Phi) is 7.38. The Labute approximate surface area is 209 Å². The van der Waals surface area contributed by atoms with Crippen molar-refractivity contribution in [1.29, 1.82) is 5.26 Å². The fourth-order valence-corrected chi connectivity index (χ4v) is 5.44. The van der Waals surface area contributed by atoms with Crippen LogP contribution in [0.1, 0.15) is 25.5 Å². The highest BCUT2D eigenvalue weighted by Gasteiger charge is 2.67. The minimum absolute atomic E-state index is 0.0233. The van der Waals surface area contributed by atoms with Gasteiger partial charge in [-0.1, -0.05) is 108 Å². The first kappa shape index (κ1) is 23.8. The predicted molar refractivity (Wildman–Crippen MR) is 130 cm³/mol. The van der Waals surface area contributed by atoms with Gasteiger partial charge in [-0.25, -0.2) is 0 Å². The second kappa shape index (κ2) is 9.32. The zero-order valence-corrected chi connectivity index (χ0v) is 22.5. The number of carbonyl (C=O) groups is 1. The van der Waals surface area contributed by atoms with Gasteiger partial charge in [-0.05, 0) is 35.6 Å². The Morgan fingerprint density at radius 3 is 2.33 bits per heavy atom. The van der Waals surface area contributed by atoms with Gasteiger partial charge < -0.3 is 9.47 Å². The number of esters is 1. The largest absolute Gasteiger partial charge is 0.457 e. The number of ether oxygens (including phenoxy) is 2. The van der Waals surface area contributed by atoms with Crippen LogP contribution in [0.15, 0.2) is 54.6 Å². The van der Waals surface area contributed by atoms with Gasteiger partial charge in [0.05, 0.1) is 10.7 Å². The van der Waals surface area contributed by atoms with Crippen LogP contribution in [-0.4, -0.2) is 12.9 Å². The normalized spacial score (nSPS) is 21.8. The van der Waals surface area contributed by atoms with Crippen LogP contribution in [0.4, 0.5) is 0 Å². The number of para-hydroxylation sites is 1. The molecule has 0 radical (unpaired) electrons. The van der Waals surface area contributed by atoms with E-state index in [1.54, 1.807) is 24.3 Å². The highest BCUT2D eigenvalue weighted by atomic mass is 80.0. The number of benzene rings is 2. The summed E-state index contributed by atoms with van der Waals surface area (Å²) in [6.45, 7) is 4.04. The molecule has 0 heterocycles. The van der Waals surface area contributed by atoms with E-state index in [-0.39, 0.29) is 28.0 Å². The van der Waals surface area contributed by atoms with E-state index in [1.807, 2.05) is 44.2 Å². The summed E-state index contributed by atoms with van der Waals surface area (Å²) in [6.07, 6.45) is -1.01. The van der Waals surface area contributed by atoms with Crippen LogP contribution in [0.3, 0.4) is 0 Å². The van der Waals surface area contributed by atoms with Crippen LogP contribution >= 0.6 is 63.7 Å². The molecule has 30 heavy (non-hydrogen) atoms. The van der Waals surface area contributed by atoms with E-state index < -0.39 is 8.25 Å². The van der Waals surface area contributed by atoms with Crippen LogP contribution in [0.2, 0.25) is 0 Å². The van der Waals surface area contributed by atoms with Crippen LogP contribution in [-0.2, 0) is 9.53 Å². The van der Waals surface area contributed by atoms with Crippen molar-refractivity contribution in [3.63, 3.8) is 0 Å². The van der Waals surface area contributed by atoms with Gasteiger partial charge >= 0.3 is 5.97 Å². The molecule has 1 aliphatic rings. The van der Waals surface area contributed by atoms with Crippen molar-refractivity contribution >= 4 is 69.7 Å². The van der Waals surface area contributed by atoms with Crippen LogP contribution in [0.25, 0.3) is 0 Å². The van der Waals surface area contributed by atoms with Gasteiger partial charge in [0, 0.05) is 5.56 Å². The topological polar surface area (TPSA) is 59.3 Å². The van der Waals surface area contributed by atoms with Gasteiger partial charge in [-0.15, -0.1) is 0 Å². The molecule has 0 aromatic heterocycles. The molecule has 1 saturated carbocycles. The quantitative estimate of drug-likeness (QED) is 0.238. The molecular weight excluding hydrogens is 646 g/mol. The number of hydrogen-bond donors (Lipinski definition) is 0. The molecule has 4 atom stereocenters. The van der Waals surface area contributed by atoms with Gasteiger partial charge in [0.1, 0.15) is 19.7 Å². The summed E-state index contributed by atoms with van der Waals surface area (Å²) in [5.74, 6) is 0.576. The lowest BCUT2D eigenvalue weighted by atomic mass is 10.1. The van der Waals surface area contributed by atoms with Crippen molar-refractivity contribution in [3.8, 4) is 17.6 Å². The van der Waals surface area contributed by atoms with E-state index in [1.165, 1.54) is 0 Å². The summed E-state index contributed by atoms with van der Waals surface area (Å²) < 4.78 is 10.9. The molecular formula is C22H19Br4NO3. The molecule has 8 heteroatoms. The first-order chi connectivity index (χ1) is 14.1. The van der Waals surface area contributed by atoms with Crippen LogP contribution in [0, 0.1) is 28.6 Å². The van der Waals surface area contributed by atoms with Crippen molar-refractivity contribution in [3.05, 3.63) is 60.2 Å². The average molecular weight is 665 g/mol. The van der Waals surface area contributed by atoms with E-state index in [9.17, 15) is 10.1 Å². The van der Waals surface area contributed by atoms with E-state index in [0.717, 1.165) is 0 Å². The second-order valence-electron chi connectivity index (χ2n) is 7.70. The minimum Gasteiger partial charge on any atom is -0.457 e. The van der Waals surface area contributed by atoms with Crippen molar-refractivity contribution in [1.82, 2.24) is 0 Å². The molecule has 1 aliphatic carbocycles.